The Balaban J connectivity index is 3.81. The van der Waals surface area contributed by atoms with Crippen LogP contribution in [-0.4, -0.2) is 17.6 Å². The molecule has 0 saturated carbocycles. The Labute approximate surface area is 60.1 Å². The van der Waals surface area contributed by atoms with Crippen LogP contribution < -0.4 is 0 Å². The fraction of sp³-hybridized carbons (Fsp3) is 1.00. The van der Waals surface area contributed by atoms with Gasteiger partial charge in [-0.25, -0.2) is 8.78 Å². The zero-order chi connectivity index (χ0) is 8.31. The van der Waals surface area contributed by atoms with Crippen LogP contribution in [0.1, 0.15) is 20.8 Å². The van der Waals surface area contributed by atoms with E-state index in [2.05, 4.69) is 0 Å². The van der Waals surface area contributed by atoms with Crippen LogP contribution in [0.3, 0.4) is 0 Å². The number of hydrogen-bond acceptors (Lipinski definition) is 1. The summed E-state index contributed by atoms with van der Waals surface area (Å²) in [5.41, 5.74) is 0. The molecule has 0 aromatic heterocycles. The molecule has 0 heterocycles. The molecule has 10 heavy (non-hydrogen) atoms. The smallest absolute Gasteiger partial charge is 0.264 e. The Morgan fingerprint density at radius 1 is 1.10 bits per heavy atom. The first-order valence-corrected chi connectivity index (χ1v) is 3.43. The van der Waals surface area contributed by atoms with Gasteiger partial charge in [-0.2, -0.15) is 0 Å². The second kappa shape index (κ2) is 3.86. The summed E-state index contributed by atoms with van der Waals surface area (Å²) >= 11 is 0. The molecule has 2 atom stereocenters. The van der Waals surface area contributed by atoms with E-state index in [9.17, 15) is 8.78 Å². The molecule has 0 aliphatic carbocycles. The average molecular weight is 152 g/mol. The molecular formula is C7H14F2O. The quantitative estimate of drug-likeness (QED) is 0.654. The third kappa shape index (κ3) is 2.60. The number of rotatable bonds is 3. The van der Waals surface area contributed by atoms with Crippen LogP contribution in [0.2, 0.25) is 0 Å². The topological polar surface area (TPSA) is 20.2 Å². The highest BCUT2D eigenvalue weighted by molar-refractivity contribution is 4.68. The lowest BCUT2D eigenvalue weighted by molar-refractivity contribution is -0.0449. The first-order chi connectivity index (χ1) is 4.46. The maximum absolute atomic E-state index is 11.8. The molecule has 1 N–H and O–H groups in total. The van der Waals surface area contributed by atoms with Gasteiger partial charge in [0.15, 0.2) is 0 Å². The summed E-state index contributed by atoms with van der Waals surface area (Å²) < 4.78 is 23.6. The van der Waals surface area contributed by atoms with Crippen LogP contribution in [0, 0.1) is 11.8 Å². The van der Waals surface area contributed by atoms with Crippen molar-refractivity contribution in [3.8, 4) is 0 Å². The van der Waals surface area contributed by atoms with E-state index >= 15 is 0 Å². The van der Waals surface area contributed by atoms with E-state index in [1.807, 2.05) is 13.8 Å². The molecule has 0 rings (SSSR count). The summed E-state index contributed by atoms with van der Waals surface area (Å²) in [7, 11) is 0. The van der Waals surface area contributed by atoms with Gasteiger partial charge in [0.25, 0.3) is 6.43 Å². The molecule has 0 fully saturated rings. The minimum atomic E-state index is -2.61. The van der Waals surface area contributed by atoms with Gasteiger partial charge in [0.2, 0.25) is 0 Å². The summed E-state index contributed by atoms with van der Waals surface area (Å²) in [5, 5.41) is 8.82. The maximum atomic E-state index is 11.8. The second-order valence-electron chi connectivity index (χ2n) is 2.93. The van der Waals surface area contributed by atoms with E-state index < -0.39 is 12.5 Å². The van der Waals surface area contributed by atoms with E-state index in [-0.39, 0.29) is 11.8 Å². The van der Waals surface area contributed by atoms with Crippen LogP contribution in [0.4, 0.5) is 8.78 Å². The van der Waals surface area contributed by atoms with Gasteiger partial charge < -0.3 is 5.11 Å². The molecule has 0 aliphatic rings. The minimum Gasteiger partial charge on any atom is -0.387 e. The predicted octanol–water partition coefficient (Wildman–Crippen LogP) is 1.90. The number of halogens is 2. The SMILES string of the molecule is CC(C)C(C)C(O)C(F)F. The van der Waals surface area contributed by atoms with E-state index in [0.717, 1.165) is 0 Å². The number of aliphatic hydroxyl groups excluding tert-OH is 1. The first-order valence-electron chi connectivity index (χ1n) is 3.43. The standard InChI is InChI=1S/C7H14F2O/c1-4(2)5(3)6(10)7(8)9/h4-7,10H,1-3H3. The fourth-order valence-electron chi connectivity index (χ4n) is 0.624. The summed E-state index contributed by atoms with van der Waals surface area (Å²) in [6.45, 7) is 5.26. The highest BCUT2D eigenvalue weighted by Gasteiger charge is 2.25. The Hall–Kier alpha value is -0.180. The number of hydrogen-bond donors (Lipinski definition) is 1. The molecule has 62 valence electrons. The normalized spacial score (nSPS) is 18.0. The van der Waals surface area contributed by atoms with Crippen molar-refractivity contribution in [1.82, 2.24) is 0 Å². The number of alkyl halides is 2. The molecule has 3 heteroatoms. The highest BCUT2D eigenvalue weighted by atomic mass is 19.3. The Kier molecular flexibility index (Phi) is 3.79. The largest absolute Gasteiger partial charge is 0.387 e. The maximum Gasteiger partial charge on any atom is 0.264 e. The molecule has 0 aromatic carbocycles. The highest BCUT2D eigenvalue weighted by Crippen LogP contribution is 2.18. The van der Waals surface area contributed by atoms with Crippen molar-refractivity contribution in [2.75, 3.05) is 0 Å². The van der Waals surface area contributed by atoms with Crippen LogP contribution in [0.15, 0.2) is 0 Å². The second-order valence-corrected chi connectivity index (χ2v) is 2.93. The van der Waals surface area contributed by atoms with Gasteiger partial charge in [-0.1, -0.05) is 20.8 Å². The lowest BCUT2D eigenvalue weighted by Gasteiger charge is -2.20. The van der Waals surface area contributed by atoms with Crippen LogP contribution in [-0.2, 0) is 0 Å². The lowest BCUT2D eigenvalue weighted by atomic mass is 9.93. The monoisotopic (exact) mass is 152 g/mol. The van der Waals surface area contributed by atoms with E-state index in [0.29, 0.717) is 0 Å². The van der Waals surface area contributed by atoms with Gasteiger partial charge in [-0.15, -0.1) is 0 Å². The molecule has 0 radical (unpaired) electrons. The molecule has 0 saturated heterocycles. The predicted molar refractivity (Wildman–Crippen MR) is 36.0 cm³/mol. The van der Waals surface area contributed by atoms with Crippen molar-refractivity contribution in [3.05, 3.63) is 0 Å². The molecule has 2 unspecified atom stereocenters. The molecule has 0 amide bonds. The molecule has 0 bridgehead atoms. The fourth-order valence-corrected chi connectivity index (χ4v) is 0.624. The van der Waals surface area contributed by atoms with E-state index in [1.54, 1.807) is 6.92 Å². The summed E-state index contributed by atoms with van der Waals surface area (Å²) in [4.78, 5) is 0. The zero-order valence-corrected chi connectivity index (χ0v) is 6.51. The van der Waals surface area contributed by atoms with Gasteiger partial charge in [0, 0.05) is 0 Å². The Morgan fingerprint density at radius 3 is 1.60 bits per heavy atom. The van der Waals surface area contributed by atoms with E-state index in [1.165, 1.54) is 0 Å². The molecule has 1 nitrogen and oxygen atoms in total. The first kappa shape index (κ1) is 9.82. The minimum absolute atomic E-state index is 0.101. The van der Waals surface area contributed by atoms with Crippen molar-refractivity contribution in [1.29, 1.82) is 0 Å². The third-order valence-electron chi connectivity index (χ3n) is 1.85. The zero-order valence-electron chi connectivity index (χ0n) is 6.51. The van der Waals surface area contributed by atoms with Gasteiger partial charge >= 0.3 is 0 Å². The average Bonchev–Trinajstić information content (AvgIpc) is 1.84. The van der Waals surface area contributed by atoms with Crippen LogP contribution in [0.25, 0.3) is 0 Å². The van der Waals surface area contributed by atoms with Gasteiger partial charge in [-0.05, 0) is 11.8 Å². The summed E-state index contributed by atoms with van der Waals surface area (Å²) in [6.07, 6.45) is -4.09. The summed E-state index contributed by atoms with van der Waals surface area (Å²) in [6, 6.07) is 0. The van der Waals surface area contributed by atoms with Gasteiger partial charge in [0.1, 0.15) is 6.10 Å². The number of aliphatic hydroxyl groups is 1. The molecule has 0 aromatic rings. The van der Waals surface area contributed by atoms with Gasteiger partial charge in [-0.3, -0.25) is 0 Å². The van der Waals surface area contributed by atoms with Crippen molar-refractivity contribution >= 4 is 0 Å². The van der Waals surface area contributed by atoms with E-state index in [4.69, 9.17) is 5.11 Å². The van der Waals surface area contributed by atoms with Crippen molar-refractivity contribution in [2.45, 2.75) is 33.3 Å². The Morgan fingerprint density at radius 2 is 1.50 bits per heavy atom. The molecule has 0 aliphatic heterocycles. The Bertz CT molecular complexity index is 81.6. The van der Waals surface area contributed by atoms with Crippen molar-refractivity contribution in [3.63, 3.8) is 0 Å². The van der Waals surface area contributed by atoms with Crippen molar-refractivity contribution in [2.24, 2.45) is 11.8 Å². The summed E-state index contributed by atoms with van der Waals surface area (Å²) in [5.74, 6) is -0.232. The third-order valence-corrected chi connectivity index (χ3v) is 1.85. The lowest BCUT2D eigenvalue weighted by Crippen LogP contribution is -2.29. The molecular weight excluding hydrogens is 138 g/mol. The van der Waals surface area contributed by atoms with Crippen LogP contribution in [0.5, 0.6) is 0 Å². The van der Waals surface area contributed by atoms with Gasteiger partial charge in [0.05, 0.1) is 0 Å². The van der Waals surface area contributed by atoms with Crippen LogP contribution >= 0.6 is 0 Å². The molecule has 0 spiro atoms. The van der Waals surface area contributed by atoms with Crippen molar-refractivity contribution < 1.29 is 13.9 Å².